The van der Waals surface area contributed by atoms with Gasteiger partial charge >= 0.3 is 6.01 Å². The minimum atomic E-state index is -3.60. The first kappa shape index (κ1) is 18.6. The Morgan fingerprint density at radius 2 is 2.04 bits per heavy atom. The van der Waals surface area contributed by atoms with Gasteiger partial charge in [0.25, 0.3) is 0 Å². The van der Waals surface area contributed by atoms with Crippen LogP contribution in [0.5, 0.6) is 11.8 Å². The highest BCUT2D eigenvalue weighted by molar-refractivity contribution is 7.89. The van der Waals surface area contributed by atoms with Crippen LogP contribution in [0.15, 0.2) is 41.6 Å². The molecule has 2 aromatic rings. The van der Waals surface area contributed by atoms with Crippen LogP contribution in [0.3, 0.4) is 0 Å². The molecule has 140 valence electrons. The lowest BCUT2D eigenvalue weighted by atomic mass is 10.1. The van der Waals surface area contributed by atoms with Crippen molar-refractivity contribution in [3.8, 4) is 11.8 Å². The van der Waals surface area contributed by atoms with E-state index in [1.165, 1.54) is 17.5 Å². The molecule has 1 aromatic carbocycles. The van der Waals surface area contributed by atoms with Crippen LogP contribution in [-0.4, -0.2) is 49.0 Å². The highest BCUT2D eigenvalue weighted by atomic mass is 32.2. The molecule has 1 unspecified atom stereocenters. The standard InChI is InChI=1S/C18H23N3O4S/c1-3-14-11-19-18(20-12-14)25-16-7-5-9-21(13-16)26(22,23)17-8-4-6-15(10-17)24-2/h4,6,8,10-12,16H,3,5,7,9,13H2,1-2H3. The van der Waals surface area contributed by atoms with Crippen molar-refractivity contribution in [1.29, 1.82) is 0 Å². The molecule has 26 heavy (non-hydrogen) atoms. The highest BCUT2D eigenvalue weighted by Gasteiger charge is 2.31. The molecule has 1 aliphatic rings. The molecule has 2 heterocycles. The van der Waals surface area contributed by atoms with Gasteiger partial charge in [-0.2, -0.15) is 4.31 Å². The van der Waals surface area contributed by atoms with Gasteiger partial charge in [0.1, 0.15) is 11.9 Å². The summed E-state index contributed by atoms with van der Waals surface area (Å²) in [6.07, 6.45) is 5.54. The van der Waals surface area contributed by atoms with Crippen LogP contribution < -0.4 is 9.47 Å². The molecule has 3 rings (SSSR count). The molecule has 0 radical (unpaired) electrons. The molecule has 0 N–H and O–H groups in total. The van der Waals surface area contributed by atoms with Gasteiger partial charge in [0.15, 0.2) is 0 Å². The van der Waals surface area contributed by atoms with Crippen molar-refractivity contribution in [1.82, 2.24) is 14.3 Å². The minimum Gasteiger partial charge on any atom is -0.497 e. The van der Waals surface area contributed by atoms with Crippen LogP contribution in [0.25, 0.3) is 0 Å². The Morgan fingerprint density at radius 3 is 2.73 bits per heavy atom. The van der Waals surface area contributed by atoms with Crippen molar-refractivity contribution in [2.24, 2.45) is 0 Å². The number of nitrogens with zero attached hydrogens (tertiary/aromatic N) is 3. The number of sulfonamides is 1. The van der Waals surface area contributed by atoms with Gasteiger partial charge in [-0.3, -0.25) is 0 Å². The van der Waals surface area contributed by atoms with Crippen LogP contribution >= 0.6 is 0 Å². The van der Waals surface area contributed by atoms with Gasteiger partial charge in [0.2, 0.25) is 10.0 Å². The van der Waals surface area contributed by atoms with Gasteiger partial charge in [0.05, 0.1) is 18.6 Å². The van der Waals surface area contributed by atoms with E-state index < -0.39 is 10.0 Å². The number of ether oxygens (including phenoxy) is 2. The van der Waals surface area contributed by atoms with Crippen molar-refractivity contribution in [2.75, 3.05) is 20.2 Å². The Kier molecular flexibility index (Phi) is 5.73. The molecular formula is C18H23N3O4S. The molecule has 0 bridgehead atoms. The second-order valence-corrected chi connectivity index (χ2v) is 8.09. The lowest BCUT2D eigenvalue weighted by Gasteiger charge is -2.31. The summed E-state index contributed by atoms with van der Waals surface area (Å²) in [5, 5.41) is 0. The summed E-state index contributed by atoms with van der Waals surface area (Å²) >= 11 is 0. The van der Waals surface area contributed by atoms with E-state index in [2.05, 4.69) is 9.97 Å². The Balaban J connectivity index is 1.72. The summed E-state index contributed by atoms with van der Waals surface area (Å²) in [6, 6.07) is 6.79. The fourth-order valence-corrected chi connectivity index (χ4v) is 4.41. The molecule has 1 fully saturated rings. The maximum absolute atomic E-state index is 12.9. The summed E-state index contributed by atoms with van der Waals surface area (Å²) in [6.45, 7) is 2.77. The zero-order valence-corrected chi connectivity index (χ0v) is 15.8. The highest BCUT2D eigenvalue weighted by Crippen LogP contribution is 2.25. The molecule has 1 aromatic heterocycles. The van der Waals surface area contributed by atoms with E-state index in [0.29, 0.717) is 12.3 Å². The SMILES string of the molecule is CCc1cnc(OC2CCCN(S(=O)(=O)c3cccc(OC)c3)C2)nc1. The predicted molar refractivity (Wildman–Crippen MR) is 96.8 cm³/mol. The number of aryl methyl sites for hydroxylation is 1. The van der Waals surface area contributed by atoms with Gasteiger partial charge in [-0.15, -0.1) is 0 Å². The predicted octanol–water partition coefficient (Wildman–Crippen LogP) is 2.28. The lowest BCUT2D eigenvalue weighted by molar-refractivity contribution is 0.119. The minimum absolute atomic E-state index is 0.223. The fraction of sp³-hybridized carbons (Fsp3) is 0.444. The topological polar surface area (TPSA) is 81.6 Å². The Bertz CT molecular complexity index is 840. The molecule has 7 nitrogen and oxygen atoms in total. The zero-order valence-electron chi connectivity index (χ0n) is 15.0. The molecule has 0 spiro atoms. The van der Waals surface area contributed by atoms with Gasteiger partial charge in [-0.1, -0.05) is 13.0 Å². The van der Waals surface area contributed by atoms with Crippen LogP contribution in [-0.2, 0) is 16.4 Å². The molecule has 0 aliphatic carbocycles. The maximum atomic E-state index is 12.9. The summed E-state index contributed by atoms with van der Waals surface area (Å²) in [5.41, 5.74) is 1.03. The van der Waals surface area contributed by atoms with E-state index in [1.807, 2.05) is 6.92 Å². The molecule has 0 amide bonds. The maximum Gasteiger partial charge on any atom is 0.316 e. The zero-order chi connectivity index (χ0) is 18.6. The second kappa shape index (κ2) is 8.01. The van der Waals surface area contributed by atoms with Crippen LogP contribution in [0, 0.1) is 0 Å². The number of piperidine rings is 1. The van der Waals surface area contributed by atoms with Crippen molar-refractivity contribution in [3.63, 3.8) is 0 Å². The number of benzene rings is 1. The van der Waals surface area contributed by atoms with Gasteiger partial charge in [-0.25, -0.2) is 18.4 Å². The average molecular weight is 377 g/mol. The van der Waals surface area contributed by atoms with Gasteiger partial charge in [0, 0.05) is 25.0 Å². The third-order valence-electron chi connectivity index (χ3n) is 4.38. The third kappa shape index (κ3) is 4.13. The van der Waals surface area contributed by atoms with Crippen LogP contribution in [0.4, 0.5) is 0 Å². The molecular weight excluding hydrogens is 354 g/mol. The lowest BCUT2D eigenvalue weighted by Crippen LogP contribution is -2.44. The number of hydrogen-bond donors (Lipinski definition) is 0. The average Bonchev–Trinajstić information content (AvgIpc) is 2.69. The summed E-state index contributed by atoms with van der Waals surface area (Å²) in [4.78, 5) is 8.61. The summed E-state index contributed by atoms with van der Waals surface area (Å²) in [7, 11) is -2.08. The van der Waals surface area contributed by atoms with Crippen molar-refractivity contribution < 1.29 is 17.9 Å². The Labute approximate surface area is 154 Å². The molecule has 1 atom stereocenters. The monoisotopic (exact) mass is 377 g/mol. The molecule has 8 heteroatoms. The van der Waals surface area contributed by atoms with Gasteiger partial charge < -0.3 is 9.47 Å². The number of methoxy groups -OCH3 is 1. The smallest absolute Gasteiger partial charge is 0.316 e. The second-order valence-electron chi connectivity index (χ2n) is 6.15. The van der Waals surface area contributed by atoms with Gasteiger partial charge in [-0.05, 0) is 37.0 Å². The first-order valence-corrected chi connectivity index (χ1v) is 10.1. The van der Waals surface area contributed by atoms with Crippen LogP contribution in [0.1, 0.15) is 25.3 Å². The summed E-state index contributed by atoms with van der Waals surface area (Å²) in [5.74, 6) is 0.514. The van der Waals surface area contributed by atoms with E-state index in [4.69, 9.17) is 9.47 Å². The normalized spacial score (nSPS) is 18.5. The largest absolute Gasteiger partial charge is 0.497 e. The first-order valence-electron chi connectivity index (χ1n) is 8.64. The van der Waals surface area contributed by atoms with Crippen molar-refractivity contribution in [2.45, 2.75) is 37.2 Å². The van der Waals surface area contributed by atoms with Crippen LogP contribution in [0.2, 0.25) is 0 Å². The molecule has 0 saturated carbocycles. The van der Waals surface area contributed by atoms with E-state index in [9.17, 15) is 8.42 Å². The van der Waals surface area contributed by atoms with E-state index in [1.54, 1.807) is 30.6 Å². The summed E-state index contributed by atoms with van der Waals surface area (Å²) < 4.78 is 38.2. The number of hydrogen-bond acceptors (Lipinski definition) is 6. The fourth-order valence-electron chi connectivity index (χ4n) is 2.87. The van der Waals surface area contributed by atoms with E-state index in [0.717, 1.165) is 24.8 Å². The van der Waals surface area contributed by atoms with E-state index >= 15 is 0 Å². The quantitative estimate of drug-likeness (QED) is 0.768. The van der Waals surface area contributed by atoms with Crippen molar-refractivity contribution >= 4 is 10.0 Å². The first-order chi connectivity index (χ1) is 12.5. The Morgan fingerprint density at radius 1 is 1.27 bits per heavy atom. The number of rotatable bonds is 6. The third-order valence-corrected chi connectivity index (χ3v) is 6.24. The Hall–Kier alpha value is -2.19. The van der Waals surface area contributed by atoms with E-state index in [-0.39, 0.29) is 23.6 Å². The molecule has 1 saturated heterocycles. The molecule has 1 aliphatic heterocycles. The number of aromatic nitrogens is 2. The van der Waals surface area contributed by atoms with Crippen molar-refractivity contribution in [3.05, 3.63) is 42.2 Å².